The van der Waals surface area contributed by atoms with Crippen LogP contribution in [0, 0.1) is 0 Å². The van der Waals surface area contributed by atoms with E-state index in [-0.39, 0.29) is 0 Å². The van der Waals surface area contributed by atoms with E-state index in [1.165, 1.54) is 12.1 Å². The van der Waals surface area contributed by atoms with Crippen molar-refractivity contribution in [2.75, 3.05) is 22.7 Å². The third kappa shape index (κ3) is 3.40. The van der Waals surface area contributed by atoms with E-state index in [2.05, 4.69) is 0 Å². The lowest BCUT2D eigenvalue weighted by Crippen LogP contribution is -2.39. The summed E-state index contributed by atoms with van der Waals surface area (Å²) in [5, 5.41) is 17.7. The zero-order chi connectivity index (χ0) is 12.3. The molecule has 8 heteroatoms. The Morgan fingerprint density at radius 2 is 2.06 bits per heavy atom. The van der Waals surface area contributed by atoms with Gasteiger partial charge < -0.3 is 15.8 Å². The Bertz CT molecular complexity index is 463. The van der Waals surface area contributed by atoms with E-state index in [9.17, 15) is 8.42 Å². The van der Waals surface area contributed by atoms with E-state index in [1.807, 2.05) is 0 Å². The molecule has 0 radical (unpaired) electrons. The van der Waals surface area contributed by atoms with Crippen LogP contribution in [-0.4, -0.2) is 38.3 Å². The Kier molecular flexibility index (Phi) is 3.79. The van der Waals surface area contributed by atoms with Crippen LogP contribution in [0.1, 0.15) is 0 Å². The monoisotopic (exact) mass is 244 g/mol. The van der Waals surface area contributed by atoms with Gasteiger partial charge in [-0.25, -0.2) is 8.42 Å². The van der Waals surface area contributed by atoms with Gasteiger partial charge in [-0.2, -0.15) is 0 Å². The Morgan fingerprint density at radius 1 is 1.44 bits per heavy atom. The van der Waals surface area contributed by atoms with Crippen molar-refractivity contribution in [3.8, 4) is 0 Å². The first-order valence-electron chi connectivity index (χ1n) is 4.50. The van der Waals surface area contributed by atoms with Crippen LogP contribution in [-0.2, 0) is 10.0 Å². The molecule has 0 spiro atoms. The van der Waals surface area contributed by atoms with Gasteiger partial charge in [-0.3, -0.25) is 4.31 Å². The van der Waals surface area contributed by atoms with E-state index >= 15 is 0 Å². The molecule has 0 amide bonds. The molecule has 88 valence electrons. The highest BCUT2D eigenvalue weighted by Gasteiger charge is 2.23. The maximum Gasteiger partial charge on any atom is 0.473 e. The highest BCUT2D eigenvalue weighted by molar-refractivity contribution is 7.92. The fourth-order valence-corrected chi connectivity index (χ4v) is 2.16. The first-order valence-corrected chi connectivity index (χ1v) is 6.35. The molecule has 0 aliphatic carbocycles. The average molecular weight is 244 g/mol. The number of nitrogens with zero attached hydrogens (tertiary/aromatic N) is 1. The third-order valence-corrected chi connectivity index (χ3v) is 3.05. The summed E-state index contributed by atoms with van der Waals surface area (Å²) in [6.45, 7) is 0. The van der Waals surface area contributed by atoms with Crippen molar-refractivity contribution < 1.29 is 18.5 Å². The SMILES string of the molecule is CS(=O)(=O)N(CB(O)O)c1cccc(N)c1. The third-order valence-electron chi connectivity index (χ3n) is 1.89. The van der Waals surface area contributed by atoms with Crippen molar-refractivity contribution >= 4 is 28.5 Å². The number of anilines is 2. The summed E-state index contributed by atoms with van der Waals surface area (Å²) in [4.78, 5) is 0. The number of sulfonamides is 1. The maximum atomic E-state index is 11.4. The van der Waals surface area contributed by atoms with E-state index in [0.29, 0.717) is 11.4 Å². The molecule has 0 saturated heterocycles. The van der Waals surface area contributed by atoms with Crippen molar-refractivity contribution in [2.45, 2.75) is 0 Å². The van der Waals surface area contributed by atoms with Gasteiger partial charge in [-0.1, -0.05) is 6.07 Å². The summed E-state index contributed by atoms with van der Waals surface area (Å²) in [6.07, 6.45) is 0.556. The molecule has 1 aromatic rings. The second-order valence-corrected chi connectivity index (χ2v) is 5.28. The van der Waals surface area contributed by atoms with Crippen LogP contribution in [0.25, 0.3) is 0 Å². The van der Waals surface area contributed by atoms with Gasteiger partial charge in [-0.05, 0) is 18.2 Å². The van der Waals surface area contributed by atoms with Gasteiger partial charge in [0.1, 0.15) is 0 Å². The summed E-state index contributed by atoms with van der Waals surface area (Å²) in [6, 6.07) is 6.18. The first-order chi connectivity index (χ1) is 7.30. The predicted molar refractivity (Wildman–Crippen MR) is 63.2 cm³/mol. The second-order valence-electron chi connectivity index (χ2n) is 3.37. The van der Waals surface area contributed by atoms with E-state index in [0.717, 1.165) is 10.6 Å². The number of nitrogens with two attached hydrogens (primary N) is 1. The molecule has 0 unspecified atom stereocenters. The maximum absolute atomic E-state index is 11.4. The lowest BCUT2D eigenvalue weighted by atomic mass is 9.92. The summed E-state index contributed by atoms with van der Waals surface area (Å²) in [5.41, 5.74) is 6.23. The molecular weight excluding hydrogens is 231 g/mol. The summed E-state index contributed by atoms with van der Waals surface area (Å²) in [5.74, 6) is 0. The van der Waals surface area contributed by atoms with E-state index in [1.54, 1.807) is 12.1 Å². The molecule has 0 aliphatic rings. The van der Waals surface area contributed by atoms with Gasteiger partial charge >= 0.3 is 7.12 Å². The molecule has 0 bridgehead atoms. The molecule has 6 nitrogen and oxygen atoms in total. The number of nitrogen functional groups attached to an aromatic ring is 1. The Balaban J connectivity index is 3.12. The van der Waals surface area contributed by atoms with Crippen molar-refractivity contribution in [2.24, 2.45) is 0 Å². The standard InChI is InChI=1S/C8H13BN2O4S/c1-16(14,15)11(6-9(12)13)8-4-2-3-7(10)5-8/h2-5,12-13H,6,10H2,1H3. The minimum absolute atomic E-state index is 0.301. The topological polar surface area (TPSA) is 104 Å². The smallest absolute Gasteiger partial charge is 0.426 e. The average Bonchev–Trinajstić information content (AvgIpc) is 2.12. The van der Waals surface area contributed by atoms with Gasteiger partial charge in [-0.15, -0.1) is 0 Å². The zero-order valence-corrected chi connectivity index (χ0v) is 9.55. The normalized spacial score (nSPS) is 11.2. The number of hydrogen-bond donors (Lipinski definition) is 3. The predicted octanol–water partition coefficient (Wildman–Crippen LogP) is -0.953. The summed E-state index contributed by atoms with van der Waals surface area (Å²) in [7, 11) is -5.31. The van der Waals surface area contributed by atoms with Gasteiger partial charge in [0.15, 0.2) is 0 Å². The van der Waals surface area contributed by atoms with Crippen molar-refractivity contribution in [3.05, 3.63) is 24.3 Å². The van der Waals surface area contributed by atoms with Crippen molar-refractivity contribution in [1.82, 2.24) is 0 Å². The fraction of sp³-hybridized carbons (Fsp3) is 0.250. The quantitative estimate of drug-likeness (QED) is 0.467. The minimum Gasteiger partial charge on any atom is -0.426 e. The zero-order valence-electron chi connectivity index (χ0n) is 8.74. The first kappa shape index (κ1) is 12.8. The van der Waals surface area contributed by atoms with Crippen LogP contribution >= 0.6 is 0 Å². The molecule has 16 heavy (non-hydrogen) atoms. The van der Waals surface area contributed by atoms with Crippen LogP contribution < -0.4 is 10.0 Å². The van der Waals surface area contributed by atoms with Crippen LogP contribution in [0.2, 0.25) is 0 Å². The van der Waals surface area contributed by atoms with Crippen LogP contribution in [0.5, 0.6) is 0 Å². The highest BCUT2D eigenvalue weighted by Crippen LogP contribution is 2.19. The molecule has 0 aliphatic heterocycles. The minimum atomic E-state index is -3.57. The van der Waals surface area contributed by atoms with E-state index in [4.69, 9.17) is 15.8 Å². The number of rotatable bonds is 4. The fourth-order valence-electron chi connectivity index (χ4n) is 1.26. The molecule has 0 fully saturated rings. The highest BCUT2D eigenvalue weighted by atomic mass is 32.2. The Labute approximate surface area is 94.5 Å². The van der Waals surface area contributed by atoms with Crippen LogP contribution in [0.15, 0.2) is 24.3 Å². The Morgan fingerprint density at radius 3 is 2.50 bits per heavy atom. The lowest BCUT2D eigenvalue weighted by Gasteiger charge is -2.22. The number of benzene rings is 1. The van der Waals surface area contributed by atoms with Gasteiger partial charge in [0.2, 0.25) is 10.0 Å². The molecule has 0 aromatic heterocycles. The molecule has 1 rings (SSSR count). The summed E-state index contributed by atoms with van der Waals surface area (Å²) < 4.78 is 23.8. The Hall–Kier alpha value is -1.25. The molecule has 1 aromatic carbocycles. The molecule has 0 saturated carbocycles. The summed E-state index contributed by atoms with van der Waals surface area (Å²) >= 11 is 0. The van der Waals surface area contributed by atoms with E-state index < -0.39 is 23.6 Å². The molecule has 0 heterocycles. The molecule has 4 N–H and O–H groups in total. The molecular formula is C8H13BN2O4S. The van der Waals surface area contributed by atoms with Gasteiger partial charge in [0.05, 0.1) is 18.4 Å². The van der Waals surface area contributed by atoms with Crippen LogP contribution in [0.3, 0.4) is 0 Å². The second kappa shape index (κ2) is 4.73. The van der Waals surface area contributed by atoms with Crippen molar-refractivity contribution in [1.29, 1.82) is 0 Å². The largest absolute Gasteiger partial charge is 0.473 e. The van der Waals surface area contributed by atoms with Crippen molar-refractivity contribution in [3.63, 3.8) is 0 Å². The van der Waals surface area contributed by atoms with Gasteiger partial charge in [0, 0.05) is 5.69 Å². The van der Waals surface area contributed by atoms with Crippen LogP contribution in [0.4, 0.5) is 11.4 Å². The van der Waals surface area contributed by atoms with Gasteiger partial charge in [0.25, 0.3) is 0 Å². The lowest BCUT2D eigenvalue weighted by molar-refractivity contribution is 0.407. The number of hydrogen-bond acceptors (Lipinski definition) is 5. The molecule has 0 atom stereocenters.